The highest BCUT2D eigenvalue weighted by Gasteiger charge is 2.21. The molecule has 0 radical (unpaired) electrons. The number of rotatable bonds is 8. The highest BCUT2D eigenvalue weighted by atomic mass is 35.5. The monoisotopic (exact) mass is 450 g/mol. The van der Waals surface area contributed by atoms with Crippen LogP contribution >= 0.6 is 11.6 Å². The molecule has 1 atom stereocenters. The first kappa shape index (κ1) is 23.0. The molecule has 0 aromatic heterocycles. The fourth-order valence-corrected chi connectivity index (χ4v) is 3.31. The summed E-state index contributed by atoms with van der Waals surface area (Å²) in [5, 5.41) is 5.85. The molecule has 0 saturated heterocycles. The van der Waals surface area contributed by atoms with Crippen molar-refractivity contribution in [3.05, 3.63) is 101 Å². The Morgan fingerprint density at radius 2 is 1.56 bits per heavy atom. The van der Waals surface area contributed by atoms with E-state index in [1.807, 2.05) is 37.3 Å². The highest BCUT2D eigenvalue weighted by Crippen LogP contribution is 2.21. The molecule has 6 nitrogen and oxygen atoms in total. The minimum absolute atomic E-state index is 0.141. The van der Waals surface area contributed by atoms with Gasteiger partial charge in [-0.25, -0.2) is 0 Å². The Bertz CT molecular complexity index is 1100. The molecule has 0 aliphatic heterocycles. The van der Waals surface area contributed by atoms with E-state index in [1.54, 1.807) is 48.5 Å². The van der Waals surface area contributed by atoms with Gasteiger partial charge in [0.25, 0.3) is 11.8 Å². The summed E-state index contributed by atoms with van der Waals surface area (Å²) in [6, 6.07) is 22.4. The number of benzene rings is 3. The van der Waals surface area contributed by atoms with Crippen molar-refractivity contribution >= 4 is 35.1 Å². The van der Waals surface area contributed by atoms with Gasteiger partial charge < -0.3 is 15.4 Å². The quantitative estimate of drug-likeness (QED) is 0.487. The second-order valence-corrected chi connectivity index (χ2v) is 7.55. The SMILES string of the molecule is Cc1ccccc1NC(=O)COC(=O)CC(NC(=O)c1ccccc1Cl)c1ccccc1. The van der Waals surface area contributed by atoms with E-state index in [2.05, 4.69) is 10.6 Å². The first-order valence-corrected chi connectivity index (χ1v) is 10.4. The first-order chi connectivity index (χ1) is 15.4. The molecule has 1 unspecified atom stereocenters. The lowest BCUT2D eigenvalue weighted by atomic mass is 10.0. The molecule has 2 amide bonds. The van der Waals surface area contributed by atoms with Crippen LogP contribution in [-0.2, 0) is 14.3 Å². The van der Waals surface area contributed by atoms with Crippen LogP contribution in [0.25, 0.3) is 0 Å². The number of esters is 1. The van der Waals surface area contributed by atoms with Gasteiger partial charge in [0.1, 0.15) is 0 Å². The molecular formula is C25H23ClN2O4. The largest absolute Gasteiger partial charge is 0.455 e. The average molecular weight is 451 g/mol. The summed E-state index contributed by atoms with van der Waals surface area (Å²) in [5.41, 5.74) is 2.59. The van der Waals surface area contributed by atoms with E-state index in [9.17, 15) is 14.4 Å². The fraction of sp³-hybridized carbons (Fsp3) is 0.160. The van der Waals surface area contributed by atoms with Gasteiger partial charge in [-0.1, -0.05) is 72.3 Å². The van der Waals surface area contributed by atoms with Crippen LogP contribution in [0, 0.1) is 6.92 Å². The van der Waals surface area contributed by atoms with Gasteiger partial charge in [-0.15, -0.1) is 0 Å². The lowest BCUT2D eigenvalue weighted by Crippen LogP contribution is -2.31. The molecule has 164 valence electrons. The van der Waals surface area contributed by atoms with E-state index in [4.69, 9.17) is 16.3 Å². The van der Waals surface area contributed by atoms with Crippen molar-refractivity contribution in [2.75, 3.05) is 11.9 Å². The number of anilines is 1. The van der Waals surface area contributed by atoms with Crippen LogP contribution < -0.4 is 10.6 Å². The Balaban J connectivity index is 1.62. The number of para-hydroxylation sites is 1. The van der Waals surface area contributed by atoms with Crippen molar-refractivity contribution in [2.45, 2.75) is 19.4 Å². The minimum Gasteiger partial charge on any atom is -0.455 e. The smallest absolute Gasteiger partial charge is 0.308 e. The molecule has 0 saturated carbocycles. The summed E-state index contributed by atoms with van der Waals surface area (Å²) < 4.78 is 5.15. The normalized spacial score (nSPS) is 11.3. The van der Waals surface area contributed by atoms with Gasteiger partial charge in [0.2, 0.25) is 0 Å². The Kier molecular flexibility index (Phi) is 8.00. The van der Waals surface area contributed by atoms with Crippen LogP contribution in [0.5, 0.6) is 0 Å². The third-order valence-corrected chi connectivity index (χ3v) is 5.11. The Labute approximate surface area is 191 Å². The molecule has 0 fully saturated rings. The number of amides is 2. The molecular weight excluding hydrogens is 428 g/mol. The predicted octanol–water partition coefficient (Wildman–Crippen LogP) is 4.69. The standard InChI is InChI=1S/C25H23ClN2O4/c1-17-9-5-8-14-21(17)27-23(29)16-32-24(30)15-22(18-10-3-2-4-11-18)28-25(31)19-12-6-7-13-20(19)26/h2-14,22H,15-16H2,1H3,(H,27,29)(H,28,31). The number of nitrogens with one attached hydrogen (secondary N) is 2. The first-order valence-electron chi connectivity index (χ1n) is 10.1. The third kappa shape index (κ3) is 6.43. The zero-order chi connectivity index (χ0) is 22.9. The number of aryl methyl sites for hydroxylation is 1. The van der Waals surface area contributed by atoms with E-state index < -0.39 is 30.4 Å². The summed E-state index contributed by atoms with van der Waals surface area (Å²) in [6.45, 7) is 1.45. The average Bonchev–Trinajstić information content (AvgIpc) is 2.79. The maximum Gasteiger partial charge on any atom is 0.308 e. The Morgan fingerprint density at radius 1 is 0.906 bits per heavy atom. The van der Waals surface area contributed by atoms with Crippen molar-refractivity contribution in [3.63, 3.8) is 0 Å². The number of halogens is 1. The van der Waals surface area contributed by atoms with Crippen molar-refractivity contribution in [1.29, 1.82) is 0 Å². The Morgan fingerprint density at radius 3 is 2.28 bits per heavy atom. The van der Waals surface area contributed by atoms with Crippen molar-refractivity contribution in [2.24, 2.45) is 0 Å². The van der Waals surface area contributed by atoms with Gasteiger partial charge in [-0.3, -0.25) is 14.4 Å². The van der Waals surface area contributed by atoms with Crippen LogP contribution in [0.3, 0.4) is 0 Å². The number of ether oxygens (including phenoxy) is 1. The molecule has 3 aromatic rings. The molecule has 0 aliphatic carbocycles. The van der Waals surface area contributed by atoms with Crippen LogP contribution in [0.1, 0.15) is 33.9 Å². The lowest BCUT2D eigenvalue weighted by Gasteiger charge is -2.19. The van der Waals surface area contributed by atoms with Gasteiger partial charge in [0, 0.05) is 5.69 Å². The number of hydrogen-bond acceptors (Lipinski definition) is 4. The van der Waals surface area contributed by atoms with E-state index in [0.29, 0.717) is 16.3 Å². The zero-order valence-corrected chi connectivity index (χ0v) is 18.3. The second-order valence-electron chi connectivity index (χ2n) is 7.14. The minimum atomic E-state index is -0.646. The molecule has 0 spiro atoms. The molecule has 32 heavy (non-hydrogen) atoms. The van der Waals surface area contributed by atoms with Crippen LogP contribution in [-0.4, -0.2) is 24.4 Å². The summed E-state index contributed by atoms with van der Waals surface area (Å²) in [6.07, 6.45) is -0.141. The number of hydrogen-bond donors (Lipinski definition) is 2. The summed E-state index contributed by atoms with van der Waals surface area (Å²) in [7, 11) is 0. The lowest BCUT2D eigenvalue weighted by molar-refractivity contribution is -0.147. The molecule has 3 aromatic carbocycles. The molecule has 2 N–H and O–H groups in total. The van der Waals surface area contributed by atoms with Gasteiger partial charge in [-0.05, 0) is 36.2 Å². The van der Waals surface area contributed by atoms with E-state index >= 15 is 0 Å². The third-order valence-electron chi connectivity index (χ3n) is 4.78. The van der Waals surface area contributed by atoms with Crippen LogP contribution in [0.2, 0.25) is 5.02 Å². The topological polar surface area (TPSA) is 84.5 Å². The zero-order valence-electron chi connectivity index (χ0n) is 17.5. The molecule has 7 heteroatoms. The van der Waals surface area contributed by atoms with E-state index in [1.165, 1.54) is 0 Å². The molecule has 3 rings (SSSR count). The highest BCUT2D eigenvalue weighted by molar-refractivity contribution is 6.33. The maximum atomic E-state index is 12.7. The fourth-order valence-electron chi connectivity index (χ4n) is 3.09. The number of carbonyl (C=O) groups excluding carboxylic acids is 3. The van der Waals surface area contributed by atoms with Crippen LogP contribution in [0.4, 0.5) is 5.69 Å². The maximum absolute atomic E-state index is 12.7. The van der Waals surface area contributed by atoms with Crippen molar-refractivity contribution < 1.29 is 19.1 Å². The molecule has 0 bridgehead atoms. The van der Waals surface area contributed by atoms with Gasteiger partial charge >= 0.3 is 5.97 Å². The molecule has 0 heterocycles. The van der Waals surface area contributed by atoms with Gasteiger partial charge in [0.15, 0.2) is 6.61 Å². The summed E-state index contributed by atoms with van der Waals surface area (Å²) >= 11 is 6.12. The summed E-state index contributed by atoms with van der Waals surface area (Å²) in [4.78, 5) is 37.3. The van der Waals surface area contributed by atoms with Gasteiger partial charge in [-0.2, -0.15) is 0 Å². The second kappa shape index (κ2) is 11.1. The number of carbonyl (C=O) groups is 3. The van der Waals surface area contributed by atoms with Crippen molar-refractivity contribution in [3.8, 4) is 0 Å². The van der Waals surface area contributed by atoms with Crippen LogP contribution in [0.15, 0.2) is 78.9 Å². The Hall–Kier alpha value is -3.64. The molecule has 0 aliphatic rings. The van der Waals surface area contributed by atoms with Crippen molar-refractivity contribution in [1.82, 2.24) is 5.32 Å². The van der Waals surface area contributed by atoms with E-state index in [-0.39, 0.29) is 6.42 Å². The summed E-state index contributed by atoms with van der Waals surface area (Å²) in [5.74, 6) is -1.46. The predicted molar refractivity (Wildman–Crippen MR) is 123 cm³/mol. The van der Waals surface area contributed by atoms with E-state index in [0.717, 1.165) is 11.1 Å². The van der Waals surface area contributed by atoms with Gasteiger partial charge in [0.05, 0.1) is 23.0 Å².